The maximum atomic E-state index is 11.2. The van der Waals surface area contributed by atoms with Gasteiger partial charge in [0.05, 0.1) is 18.6 Å². The molecule has 142 valence electrons. The highest BCUT2D eigenvalue weighted by molar-refractivity contribution is 5.70. The van der Waals surface area contributed by atoms with Crippen molar-refractivity contribution in [2.24, 2.45) is 5.92 Å². The Morgan fingerprint density at radius 1 is 1.15 bits per heavy atom. The fourth-order valence-electron chi connectivity index (χ4n) is 3.97. The summed E-state index contributed by atoms with van der Waals surface area (Å²) >= 11 is 0. The molecule has 0 aromatic heterocycles. The van der Waals surface area contributed by atoms with Crippen LogP contribution in [0.1, 0.15) is 30.1 Å². The van der Waals surface area contributed by atoms with E-state index in [1.807, 2.05) is 36.4 Å². The Labute approximate surface area is 159 Å². The average molecular weight is 367 g/mol. The smallest absolute Gasteiger partial charge is 0.307 e. The second-order valence-electron chi connectivity index (χ2n) is 7.29. The number of hydrogen-bond donors (Lipinski definition) is 1. The minimum atomic E-state index is -0.688. The number of carboxylic acids is 1. The predicted octanol–water partition coefficient (Wildman–Crippen LogP) is 3.89. The number of nitrogens with zero attached hydrogens (tertiary/aromatic N) is 1. The third-order valence-electron chi connectivity index (χ3n) is 5.45. The van der Waals surface area contributed by atoms with E-state index in [1.165, 1.54) is 0 Å². The highest BCUT2D eigenvalue weighted by Crippen LogP contribution is 2.39. The minimum absolute atomic E-state index is 0.0649. The summed E-state index contributed by atoms with van der Waals surface area (Å²) in [7, 11) is 0. The molecule has 4 rings (SSSR count). The lowest BCUT2D eigenvalue weighted by Gasteiger charge is -2.31. The van der Waals surface area contributed by atoms with Gasteiger partial charge in [0.1, 0.15) is 11.5 Å². The van der Waals surface area contributed by atoms with Gasteiger partial charge in [0.2, 0.25) is 0 Å². The van der Waals surface area contributed by atoms with Gasteiger partial charge in [-0.3, -0.25) is 4.79 Å². The monoisotopic (exact) mass is 367 g/mol. The normalized spacial score (nSPS) is 22.2. The van der Waals surface area contributed by atoms with Gasteiger partial charge >= 0.3 is 5.97 Å². The standard InChI is InChI=1S/C22H25NO4/c24-22(25)17-7-5-11-23(15-17)12-13-26-21-14-16-6-1-3-9-19(16)27-20-10-4-2-8-18(20)21/h1-4,6,8-10,17,21H,5,7,11-15H2,(H,24,25)/t17-,21?/m1/s1. The second kappa shape index (κ2) is 8.11. The molecule has 5 heteroatoms. The largest absolute Gasteiger partial charge is 0.481 e. The molecule has 0 radical (unpaired) electrons. The number of ether oxygens (including phenoxy) is 2. The van der Waals surface area contributed by atoms with Gasteiger partial charge in [0.25, 0.3) is 0 Å². The molecule has 0 spiro atoms. The molecule has 1 fully saturated rings. The van der Waals surface area contributed by atoms with Gasteiger partial charge in [-0.2, -0.15) is 0 Å². The molecule has 1 unspecified atom stereocenters. The summed E-state index contributed by atoms with van der Waals surface area (Å²) in [5.41, 5.74) is 2.21. The van der Waals surface area contributed by atoms with Crippen LogP contribution in [0.2, 0.25) is 0 Å². The third-order valence-corrected chi connectivity index (χ3v) is 5.45. The average Bonchev–Trinajstić information content (AvgIpc) is 2.85. The van der Waals surface area contributed by atoms with Crippen molar-refractivity contribution >= 4 is 5.97 Å². The van der Waals surface area contributed by atoms with Gasteiger partial charge in [-0.25, -0.2) is 0 Å². The molecule has 2 aromatic carbocycles. The van der Waals surface area contributed by atoms with Crippen molar-refractivity contribution in [3.8, 4) is 11.5 Å². The van der Waals surface area contributed by atoms with Crippen LogP contribution in [0.15, 0.2) is 48.5 Å². The number of fused-ring (bicyclic) bond motifs is 2. The first-order valence-electron chi connectivity index (χ1n) is 9.62. The summed E-state index contributed by atoms with van der Waals surface area (Å²) in [6.07, 6.45) is 2.41. The van der Waals surface area contributed by atoms with E-state index in [1.54, 1.807) is 0 Å². The lowest BCUT2D eigenvalue weighted by molar-refractivity contribution is -0.143. The van der Waals surface area contributed by atoms with Crippen LogP contribution < -0.4 is 4.74 Å². The lowest BCUT2D eigenvalue weighted by Crippen LogP contribution is -2.40. The van der Waals surface area contributed by atoms with Crippen molar-refractivity contribution in [1.29, 1.82) is 0 Å². The number of para-hydroxylation sites is 2. The Morgan fingerprint density at radius 2 is 1.93 bits per heavy atom. The summed E-state index contributed by atoms with van der Waals surface area (Å²) in [6, 6.07) is 16.1. The van der Waals surface area contributed by atoms with Gasteiger partial charge < -0.3 is 19.5 Å². The van der Waals surface area contributed by atoms with Crippen LogP contribution in [0, 0.1) is 5.92 Å². The molecule has 2 aliphatic rings. The van der Waals surface area contributed by atoms with Gasteiger partial charge in [0, 0.05) is 25.1 Å². The highest BCUT2D eigenvalue weighted by Gasteiger charge is 2.26. The molecule has 0 saturated carbocycles. The number of aliphatic carboxylic acids is 1. The van der Waals surface area contributed by atoms with E-state index in [-0.39, 0.29) is 12.0 Å². The van der Waals surface area contributed by atoms with Crippen LogP contribution >= 0.6 is 0 Å². The molecular weight excluding hydrogens is 342 g/mol. The number of carboxylic acid groups (broad SMARTS) is 1. The highest BCUT2D eigenvalue weighted by atomic mass is 16.5. The van der Waals surface area contributed by atoms with E-state index in [4.69, 9.17) is 9.47 Å². The van der Waals surface area contributed by atoms with Crippen molar-refractivity contribution in [2.75, 3.05) is 26.2 Å². The first-order valence-corrected chi connectivity index (χ1v) is 9.62. The molecule has 0 aliphatic carbocycles. The zero-order chi connectivity index (χ0) is 18.6. The number of rotatable bonds is 5. The third kappa shape index (κ3) is 4.15. The summed E-state index contributed by atoms with van der Waals surface area (Å²) in [4.78, 5) is 13.4. The number of piperidine rings is 1. The van der Waals surface area contributed by atoms with Crippen molar-refractivity contribution in [3.63, 3.8) is 0 Å². The molecule has 1 saturated heterocycles. The van der Waals surface area contributed by atoms with Crippen LogP contribution in [0.4, 0.5) is 0 Å². The minimum Gasteiger partial charge on any atom is -0.481 e. The van der Waals surface area contributed by atoms with Crippen molar-refractivity contribution in [2.45, 2.75) is 25.4 Å². The molecule has 0 bridgehead atoms. The number of hydrogen-bond acceptors (Lipinski definition) is 4. The van der Waals surface area contributed by atoms with Crippen LogP contribution in [0.5, 0.6) is 11.5 Å². The molecule has 2 aromatic rings. The Hall–Kier alpha value is -2.37. The molecule has 2 heterocycles. The molecule has 0 amide bonds. The Balaban J connectivity index is 1.43. The zero-order valence-electron chi connectivity index (χ0n) is 15.3. The van der Waals surface area contributed by atoms with E-state index < -0.39 is 5.97 Å². The summed E-state index contributed by atoms with van der Waals surface area (Å²) in [5.74, 6) is 0.789. The molecule has 1 N–H and O–H groups in total. The quantitative estimate of drug-likeness (QED) is 0.869. The topological polar surface area (TPSA) is 59.0 Å². The Bertz CT molecular complexity index is 806. The van der Waals surface area contributed by atoms with Crippen LogP contribution in [-0.4, -0.2) is 42.2 Å². The maximum absolute atomic E-state index is 11.2. The molecule has 27 heavy (non-hydrogen) atoms. The first kappa shape index (κ1) is 18.0. The number of likely N-dealkylation sites (tertiary alicyclic amines) is 1. The molecule has 5 nitrogen and oxygen atoms in total. The van der Waals surface area contributed by atoms with Crippen LogP contribution in [-0.2, 0) is 16.0 Å². The van der Waals surface area contributed by atoms with Gasteiger partial charge in [-0.1, -0.05) is 36.4 Å². The SMILES string of the molecule is O=C(O)[C@@H]1CCCN(CCOC2Cc3ccccc3Oc3ccccc32)C1. The molecule has 2 atom stereocenters. The van der Waals surface area contributed by atoms with Gasteiger partial charge in [-0.05, 0) is 37.1 Å². The van der Waals surface area contributed by atoms with E-state index >= 15 is 0 Å². The molecule has 2 aliphatic heterocycles. The van der Waals surface area contributed by atoms with E-state index in [0.717, 1.165) is 55.0 Å². The summed E-state index contributed by atoms with van der Waals surface area (Å²) in [6.45, 7) is 2.89. The van der Waals surface area contributed by atoms with Gasteiger partial charge in [0.15, 0.2) is 0 Å². The number of carbonyl (C=O) groups is 1. The first-order chi connectivity index (χ1) is 13.2. The second-order valence-corrected chi connectivity index (χ2v) is 7.29. The van der Waals surface area contributed by atoms with Crippen molar-refractivity contribution < 1.29 is 19.4 Å². The predicted molar refractivity (Wildman–Crippen MR) is 102 cm³/mol. The maximum Gasteiger partial charge on any atom is 0.307 e. The fourth-order valence-corrected chi connectivity index (χ4v) is 3.97. The van der Waals surface area contributed by atoms with Crippen LogP contribution in [0.3, 0.4) is 0 Å². The van der Waals surface area contributed by atoms with Crippen LogP contribution in [0.25, 0.3) is 0 Å². The number of benzene rings is 2. The van der Waals surface area contributed by atoms with Crippen molar-refractivity contribution in [1.82, 2.24) is 4.90 Å². The van der Waals surface area contributed by atoms with E-state index in [2.05, 4.69) is 17.0 Å². The van der Waals surface area contributed by atoms with Gasteiger partial charge in [-0.15, -0.1) is 0 Å². The molecular formula is C22H25NO4. The van der Waals surface area contributed by atoms with Crippen molar-refractivity contribution in [3.05, 3.63) is 59.7 Å². The Kier molecular flexibility index (Phi) is 5.41. The van der Waals surface area contributed by atoms with E-state index in [0.29, 0.717) is 13.2 Å². The zero-order valence-corrected chi connectivity index (χ0v) is 15.3. The summed E-state index contributed by atoms with van der Waals surface area (Å²) in [5, 5.41) is 9.25. The Morgan fingerprint density at radius 3 is 2.78 bits per heavy atom. The van der Waals surface area contributed by atoms with E-state index in [9.17, 15) is 9.90 Å². The summed E-state index contributed by atoms with van der Waals surface area (Å²) < 4.78 is 12.4. The lowest BCUT2D eigenvalue weighted by atomic mass is 9.98. The fraction of sp³-hybridized carbons (Fsp3) is 0.409.